The molecule has 0 fully saturated rings. The zero-order valence-electron chi connectivity index (χ0n) is 12.9. The van der Waals surface area contributed by atoms with Gasteiger partial charge in [-0.15, -0.1) is 0 Å². The van der Waals surface area contributed by atoms with E-state index in [-0.39, 0.29) is 6.10 Å². The zero-order valence-corrected chi connectivity index (χ0v) is 13.7. The summed E-state index contributed by atoms with van der Waals surface area (Å²) in [5, 5.41) is 3.87. The lowest BCUT2D eigenvalue weighted by atomic mass is 10.3. The Bertz CT molecular complexity index is 601. The molecular formula is C17H20ClNO3. The highest BCUT2D eigenvalue weighted by atomic mass is 35.5. The van der Waals surface area contributed by atoms with Crippen molar-refractivity contribution in [1.82, 2.24) is 0 Å². The summed E-state index contributed by atoms with van der Waals surface area (Å²) in [6.45, 7) is 2.66. The summed E-state index contributed by atoms with van der Waals surface area (Å²) in [6, 6.07) is 13.1. The summed E-state index contributed by atoms with van der Waals surface area (Å²) in [6.07, 6.45) is 0.00859. The summed E-state index contributed by atoms with van der Waals surface area (Å²) in [5.74, 6) is 2.28. The molecule has 0 aliphatic heterocycles. The van der Waals surface area contributed by atoms with Gasteiger partial charge in [0.05, 0.1) is 25.8 Å². The molecule has 0 saturated carbocycles. The van der Waals surface area contributed by atoms with Crippen LogP contribution in [0.25, 0.3) is 0 Å². The number of rotatable bonds is 7. The van der Waals surface area contributed by atoms with Crippen LogP contribution in [0.4, 0.5) is 5.69 Å². The number of hydrogen-bond acceptors (Lipinski definition) is 4. The topological polar surface area (TPSA) is 39.7 Å². The standard InChI is InChI=1S/C17H20ClNO3/c1-12(22-15-7-5-14(20-2)6-8-15)11-19-13-4-9-17(21-3)16(18)10-13/h4-10,12,19H,11H2,1-3H3. The third kappa shape index (κ3) is 4.46. The molecule has 0 saturated heterocycles. The van der Waals surface area contributed by atoms with E-state index < -0.39 is 0 Å². The Labute approximate surface area is 136 Å². The Hall–Kier alpha value is -2.07. The van der Waals surface area contributed by atoms with Crippen molar-refractivity contribution in [2.24, 2.45) is 0 Å². The van der Waals surface area contributed by atoms with Crippen LogP contribution in [-0.2, 0) is 0 Å². The van der Waals surface area contributed by atoms with E-state index >= 15 is 0 Å². The van der Waals surface area contributed by atoms with Crippen LogP contribution in [0.15, 0.2) is 42.5 Å². The van der Waals surface area contributed by atoms with Crippen LogP contribution >= 0.6 is 11.6 Å². The molecule has 1 unspecified atom stereocenters. The van der Waals surface area contributed by atoms with E-state index in [0.717, 1.165) is 17.2 Å². The number of hydrogen-bond donors (Lipinski definition) is 1. The lowest BCUT2D eigenvalue weighted by Crippen LogP contribution is -2.22. The van der Waals surface area contributed by atoms with Gasteiger partial charge in [0.15, 0.2) is 0 Å². The van der Waals surface area contributed by atoms with Crippen molar-refractivity contribution in [1.29, 1.82) is 0 Å². The van der Waals surface area contributed by atoms with Crippen LogP contribution in [0.1, 0.15) is 6.92 Å². The van der Waals surface area contributed by atoms with Gasteiger partial charge >= 0.3 is 0 Å². The van der Waals surface area contributed by atoms with Gasteiger partial charge in [0.2, 0.25) is 0 Å². The Kier molecular flexibility index (Phi) is 5.78. The predicted octanol–water partition coefficient (Wildman–Crippen LogP) is 4.24. The minimum atomic E-state index is 0.00859. The second kappa shape index (κ2) is 7.80. The first-order chi connectivity index (χ1) is 10.6. The van der Waals surface area contributed by atoms with Gasteiger partial charge in [-0.1, -0.05) is 11.6 Å². The minimum Gasteiger partial charge on any atom is -0.497 e. The van der Waals surface area contributed by atoms with Crippen LogP contribution in [0, 0.1) is 0 Å². The van der Waals surface area contributed by atoms with Crippen molar-refractivity contribution in [3.63, 3.8) is 0 Å². The molecule has 0 amide bonds. The zero-order chi connectivity index (χ0) is 15.9. The maximum atomic E-state index is 6.10. The summed E-state index contributed by atoms with van der Waals surface area (Å²) >= 11 is 6.10. The van der Waals surface area contributed by atoms with Crippen LogP contribution in [-0.4, -0.2) is 26.9 Å². The molecule has 0 heterocycles. The van der Waals surface area contributed by atoms with Crippen molar-refractivity contribution < 1.29 is 14.2 Å². The van der Waals surface area contributed by atoms with Crippen molar-refractivity contribution in [2.75, 3.05) is 26.1 Å². The quantitative estimate of drug-likeness (QED) is 0.828. The summed E-state index contributed by atoms with van der Waals surface area (Å²) in [5.41, 5.74) is 0.927. The predicted molar refractivity (Wildman–Crippen MR) is 89.6 cm³/mol. The van der Waals surface area contributed by atoms with E-state index in [2.05, 4.69) is 5.32 Å². The first-order valence-corrected chi connectivity index (χ1v) is 7.38. The van der Waals surface area contributed by atoms with Crippen molar-refractivity contribution in [3.05, 3.63) is 47.5 Å². The molecule has 0 aromatic heterocycles. The van der Waals surface area contributed by atoms with Gasteiger partial charge in [-0.2, -0.15) is 0 Å². The number of methoxy groups -OCH3 is 2. The number of ether oxygens (including phenoxy) is 3. The molecule has 2 rings (SSSR count). The molecule has 1 atom stereocenters. The molecule has 2 aromatic rings. The SMILES string of the molecule is COc1ccc(OC(C)CNc2ccc(OC)c(Cl)c2)cc1. The Morgan fingerprint density at radius 2 is 1.68 bits per heavy atom. The lowest BCUT2D eigenvalue weighted by molar-refractivity contribution is 0.234. The van der Waals surface area contributed by atoms with E-state index in [1.807, 2.05) is 49.4 Å². The average Bonchev–Trinajstić information content (AvgIpc) is 2.54. The summed E-state index contributed by atoms with van der Waals surface area (Å²) < 4.78 is 16.1. The number of benzene rings is 2. The van der Waals surface area contributed by atoms with Crippen LogP contribution in [0.2, 0.25) is 5.02 Å². The summed E-state index contributed by atoms with van der Waals surface area (Å²) in [7, 11) is 3.24. The second-order valence-corrected chi connectivity index (χ2v) is 5.24. The van der Waals surface area contributed by atoms with Crippen LogP contribution < -0.4 is 19.5 Å². The maximum Gasteiger partial charge on any atom is 0.137 e. The fourth-order valence-electron chi connectivity index (χ4n) is 1.97. The van der Waals surface area contributed by atoms with Crippen molar-refractivity contribution in [2.45, 2.75) is 13.0 Å². The monoisotopic (exact) mass is 321 g/mol. The van der Waals surface area contributed by atoms with E-state index in [1.165, 1.54) is 0 Å². The molecule has 1 N–H and O–H groups in total. The van der Waals surface area contributed by atoms with E-state index in [1.54, 1.807) is 14.2 Å². The first-order valence-electron chi connectivity index (χ1n) is 7.00. The lowest BCUT2D eigenvalue weighted by Gasteiger charge is -2.17. The van der Waals surface area contributed by atoms with E-state index in [0.29, 0.717) is 17.3 Å². The van der Waals surface area contributed by atoms with Gasteiger partial charge in [0, 0.05) is 5.69 Å². The van der Waals surface area contributed by atoms with Gasteiger partial charge in [0.25, 0.3) is 0 Å². The van der Waals surface area contributed by atoms with Gasteiger partial charge < -0.3 is 19.5 Å². The van der Waals surface area contributed by atoms with E-state index in [4.69, 9.17) is 25.8 Å². The minimum absolute atomic E-state index is 0.00859. The molecule has 0 spiro atoms. The van der Waals surface area contributed by atoms with Crippen LogP contribution in [0.3, 0.4) is 0 Å². The Balaban J connectivity index is 1.86. The van der Waals surface area contributed by atoms with Gasteiger partial charge in [-0.3, -0.25) is 0 Å². The molecule has 0 bridgehead atoms. The molecule has 5 heteroatoms. The highest BCUT2D eigenvalue weighted by molar-refractivity contribution is 6.32. The normalized spacial score (nSPS) is 11.6. The number of halogens is 1. The average molecular weight is 322 g/mol. The molecule has 4 nitrogen and oxygen atoms in total. The van der Waals surface area contributed by atoms with Crippen molar-refractivity contribution >= 4 is 17.3 Å². The Morgan fingerprint density at radius 1 is 1.00 bits per heavy atom. The molecule has 0 aliphatic rings. The summed E-state index contributed by atoms with van der Waals surface area (Å²) in [4.78, 5) is 0. The molecule has 118 valence electrons. The largest absolute Gasteiger partial charge is 0.497 e. The highest BCUT2D eigenvalue weighted by Crippen LogP contribution is 2.27. The van der Waals surface area contributed by atoms with Crippen LogP contribution in [0.5, 0.6) is 17.2 Å². The molecule has 2 aromatic carbocycles. The fourth-order valence-corrected chi connectivity index (χ4v) is 2.22. The third-order valence-electron chi connectivity index (χ3n) is 3.14. The number of nitrogens with one attached hydrogen (secondary N) is 1. The van der Waals surface area contributed by atoms with E-state index in [9.17, 15) is 0 Å². The van der Waals surface area contributed by atoms with Gasteiger partial charge in [-0.05, 0) is 49.4 Å². The smallest absolute Gasteiger partial charge is 0.137 e. The molecule has 0 aliphatic carbocycles. The maximum absolute atomic E-state index is 6.10. The Morgan fingerprint density at radius 3 is 2.27 bits per heavy atom. The third-order valence-corrected chi connectivity index (χ3v) is 3.44. The number of anilines is 1. The van der Waals surface area contributed by atoms with Crippen molar-refractivity contribution in [3.8, 4) is 17.2 Å². The molecule has 22 heavy (non-hydrogen) atoms. The van der Waals surface area contributed by atoms with Gasteiger partial charge in [-0.25, -0.2) is 0 Å². The molecular weight excluding hydrogens is 302 g/mol. The highest BCUT2D eigenvalue weighted by Gasteiger charge is 2.06. The van der Waals surface area contributed by atoms with Gasteiger partial charge in [0.1, 0.15) is 23.4 Å². The second-order valence-electron chi connectivity index (χ2n) is 4.83. The fraction of sp³-hybridized carbons (Fsp3) is 0.294. The molecule has 0 radical (unpaired) electrons. The first kappa shape index (κ1) is 16.3.